The zero-order valence-corrected chi connectivity index (χ0v) is 30.4. The van der Waals surface area contributed by atoms with Gasteiger partial charge in [-0.2, -0.15) is 0 Å². The van der Waals surface area contributed by atoms with Crippen LogP contribution in [0.25, 0.3) is 31.7 Å². The van der Waals surface area contributed by atoms with E-state index in [0.29, 0.717) is 27.8 Å². The lowest BCUT2D eigenvalue weighted by molar-refractivity contribution is 0.0986. The molecule has 2 fully saturated rings. The van der Waals surface area contributed by atoms with E-state index in [9.17, 15) is 19.5 Å². The second-order valence-corrected chi connectivity index (χ2v) is 18.4. The summed E-state index contributed by atoms with van der Waals surface area (Å²) in [5.41, 5.74) is 9.03. The molecule has 4 nitrogen and oxygen atoms in total. The number of hydrogen-bond donors (Lipinski definition) is 1. The van der Waals surface area contributed by atoms with Crippen molar-refractivity contribution in [1.82, 2.24) is 0 Å². The van der Waals surface area contributed by atoms with Crippen molar-refractivity contribution in [3.05, 3.63) is 126 Å². The summed E-state index contributed by atoms with van der Waals surface area (Å²) in [6.45, 7) is 0. The van der Waals surface area contributed by atoms with Gasteiger partial charge in [-0.3, -0.25) is 14.4 Å². The summed E-state index contributed by atoms with van der Waals surface area (Å²) in [5.74, 6) is -0.411. The van der Waals surface area contributed by atoms with Gasteiger partial charge in [-0.25, -0.2) is 0 Å². The van der Waals surface area contributed by atoms with Crippen LogP contribution in [0, 0.1) is 0 Å². The number of fused-ring (bicyclic) bond motifs is 13. The topological polar surface area (TPSA) is 71.4 Å². The van der Waals surface area contributed by atoms with Crippen molar-refractivity contribution in [1.29, 1.82) is 0 Å². The van der Waals surface area contributed by atoms with Crippen molar-refractivity contribution < 1.29 is 19.5 Å². The second-order valence-electron chi connectivity index (χ2n) is 15.3. The average molecular weight is 723 g/mol. The number of hydrogen-bond acceptors (Lipinski definition) is 7. The van der Waals surface area contributed by atoms with Crippen LogP contribution in [0.4, 0.5) is 0 Å². The van der Waals surface area contributed by atoms with Crippen LogP contribution in [0.15, 0.2) is 71.8 Å². The Morgan fingerprint density at radius 3 is 1.59 bits per heavy atom. The van der Waals surface area contributed by atoms with Crippen molar-refractivity contribution in [3.8, 4) is 19.5 Å². The number of allylic oxidation sites excluding steroid dienone is 1. The van der Waals surface area contributed by atoms with Crippen molar-refractivity contribution in [2.45, 2.75) is 81.1 Å². The number of Topliss-reactive ketones (excluding diaryl/α,β-unsaturated/α-hetero) is 3. The molecule has 2 aromatic carbocycles. The van der Waals surface area contributed by atoms with Gasteiger partial charge in [-0.15, -0.1) is 34.0 Å². The van der Waals surface area contributed by atoms with E-state index in [2.05, 4.69) is 12.1 Å². The van der Waals surface area contributed by atoms with Gasteiger partial charge in [-0.1, -0.05) is 87.1 Å². The molecule has 252 valence electrons. The van der Waals surface area contributed by atoms with Gasteiger partial charge < -0.3 is 5.11 Å². The van der Waals surface area contributed by atoms with Crippen LogP contribution < -0.4 is 0 Å². The Hall–Kier alpha value is -4.01. The molecule has 3 aromatic heterocycles. The zero-order valence-electron chi connectivity index (χ0n) is 28.0. The van der Waals surface area contributed by atoms with E-state index in [1.54, 1.807) is 45.9 Å². The van der Waals surface area contributed by atoms with E-state index in [4.69, 9.17) is 0 Å². The third kappa shape index (κ3) is 3.96. The first-order chi connectivity index (χ1) is 24.9. The van der Waals surface area contributed by atoms with Crippen molar-refractivity contribution in [2.75, 3.05) is 0 Å². The quantitative estimate of drug-likeness (QED) is 0.145. The zero-order chi connectivity index (χ0) is 34.2. The summed E-state index contributed by atoms with van der Waals surface area (Å²) < 4.78 is 0. The molecule has 51 heavy (non-hydrogen) atoms. The summed E-state index contributed by atoms with van der Waals surface area (Å²) in [7, 11) is 0. The molecule has 0 radical (unpaired) electrons. The SMILES string of the molecule is O=C1C(=Cc2cc3c(s2)-c2sc4c(c2C32CCCCC2)C2(CCCCC2)c2cc(/C=C3/C(=O)c5ccccc5C3O)sc2-4)C(=O)c2ccccc21. The highest BCUT2D eigenvalue weighted by Gasteiger charge is 2.56. The van der Waals surface area contributed by atoms with Crippen LogP contribution in [-0.2, 0) is 10.8 Å². The van der Waals surface area contributed by atoms with E-state index in [0.717, 1.165) is 35.4 Å². The van der Waals surface area contributed by atoms with E-state index in [1.165, 1.54) is 69.2 Å². The fourth-order valence-electron chi connectivity index (χ4n) is 10.5. The van der Waals surface area contributed by atoms with Gasteiger partial charge in [0.1, 0.15) is 6.10 Å². The first-order valence-corrected chi connectivity index (χ1v) is 20.8. The summed E-state index contributed by atoms with van der Waals surface area (Å²) in [6, 6.07) is 19.3. The lowest BCUT2D eigenvalue weighted by Gasteiger charge is -2.41. The molecule has 11 rings (SSSR count). The Labute approximate surface area is 308 Å². The minimum absolute atomic E-state index is 0.0284. The summed E-state index contributed by atoms with van der Waals surface area (Å²) in [5, 5.41) is 11.2. The first kappa shape index (κ1) is 30.6. The minimum Gasteiger partial charge on any atom is -0.383 e. The standard InChI is InChI=1S/C44H34O4S3/c45-35-25-11-3-4-12-26(25)36(46)29(35)19-23-21-31-39(49-23)41-33(43(31)15-7-1-8-16-43)34-42(51-41)40-32(44(34)17-9-2-10-18-44)22-24(50-40)20-30-37(47)27-13-5-6-14-28(27)38(30)48/h3-6,11-14,19-22,35,45H,1-2,7-10,15-18H2/b29-19+. The third-order valence-corrected chi connectivity index (χ3v) is 16.5. The third-order valence-electron chi connectivity index (χ3n) is 12.8. The van der Waals surface area contributed by atoms with Crippen molar-refractivity contribution >= 4 is 63.5 Å². The Balaban J connectivity index is 1.06. The molecule has 3 heterocycles. The Morgan fingerprint density at radius 1 is 0.569 bits per heavy atom. The molecular weight excluding hydrogens is 689 g/mol. The molecule has 6 aliphatic rings. The molecule has 1 unspecified atom stereocenters. The maximum atomic E-state index is 13.4. The van der Waals surface area contributed by atoms with E-state index in [-0.39, 0.29) is 33.8 Å². The molecular formula is C44H34O4S3. The Kier molecular flexibility index (Phi) is 6.46. The number of benzene rings is 2. The highest BCUT2D eigenvalue weighted by molar-refractivity contribution is 7.27. The van der Waals surface area contributed by atoms with Crippen LogP contribution in [-0.4, -0.2) is 22.5 Å². The van der Waals surface area contributed by atoms with Crippen LogP contribution in [0.2, 0.25) is 0 Å². The molecule has 1 atom stereocenters. The fraction of sp³-hybridized carbons (Fsp3) is 0.295. The normalized spacial score (nSPS) is 22.5. The van der Waals surface area contributed by atoms with Crippen molar-refractivity contribution in [2.24, 2.45) is 0 Å². The van der Waals surface area contributed by atoms with E-state index in [1.807, 2.05) is 59.9 Å². The molecule has 0 aliphatic heterocycles. The maximum absolute atomic E-state index is 13.4. The van der Waals surface area contributed by atoms with Crippen LogP contribution in [0.5, 0.6) is 0 Å². The molecule has 0 saturated heterocycles. The fourth-order valence-corrected chi connectivity index (χ4v) is 14.7. The van der Waals surface area contributed by atoms with E-state index < -0.39 is 6.10 Å². The minimum atomic E-state index is -0.896. The van der Waals surface area contributed by atoms with Gasteiger partial charge in [-0.05, 0) is 77.8 Å². The number of aliphatic hydroxyl groups is 1. The van der Waals surface area contributed by atoms with Crippen LogP contribution in [0.1, 0.15) is 139 Å². The monoisotopic (exact) mass is 722 g/mol. The van der Waals surface area contributed by atoms with Gasteiger partial charge in [0.05, 0.1) is 5.57 Å². The summed E-state index contributed by atoms with van der Waals surface area (Å²) >= 11 is 5.49. The van der Waals surface area contributed by atoms with E-state index >= 15 is 0 Å². The maximum Gasteiger partial charge on any atom is 0.197 e. The summed E-state index contributed by atoms with van der Waals surface area (Å²) in [4.78, 5) is 47.6. The second kappa shape index (κ2) is 10.8. The van der Waals surface area contributed by atoms with Gasteiger partial charge in [0, 0.05) is 62.4 Å². The molecule has 1 N–H and O–H groups in total. The number of carbonyl (C=O) groups excluding carboxylic acids is 3. The van der Waals surface area contributed by atoms with Gasteiger partial charge in [0.2, 0.25) is 0 Å². The molecule has 0 bridgehead atoms. The Morgan fingerprint density at radius 2 is 1.06 bits per heavy atom. The lowest BCUT2D eigenvalue weighted by Crippen LogP contribution is -2.34. The van der Waals surface area contributed by atoms with Gasteiger partial charge >= 0.3 is 0 Å². The number of rotatable bonds is 2. The molecule has 6 aliphatic carbocycles. The first-order valence-electron chi connectivity index (χ1n) is 18.3. The van der Waals surface area contributed by atoms with Crippen LogP contribution in [0.3, 0.4) is 0 Å². The predicted molar refractivity (Wildman–Crippen MR) is 205 cm³/mol. The predicted octanol–water partition coefficient (Wildman–Crippen LogP) is 11.1. The Bertz CT molecular complexity index is 2430. The van der Waals surface area contributed by atoms with Crippen molar-refractivity contribution in [3.63, 3.8) is 0 Å². The molecule has 0 amide bonds. The molecule has 5 aromatic rings. The number of aliphatic hydroxyl groups excluding tert-OH is 1. The highest BCUT2D eigenvalue weighted by Crippen LogP contribution is 2.70. The smallest absolute Gasteiger partial charge is 0.197 e. The lowest BCUT2D eigenvalue weighted by atomic mass is 9.61. The molecule has 2 saturated carbocycles. The highest BCUT2D eigenvalue weighted by atomic mass is 32.1. The average Bonchev–Trinajstić information content (AvgIpc) is 4.01. The van der Waals surface area contributed by atoms with Gasteiger partial charge in [0.25, 0.3) is 0 Å². The number of carbonyl (C=O) groups is 3. The number of ketones is 3. The number of thiophene rings is 3. The van der Waals surface area contributed by atoms with Gasteiger partial charge in [0.15, 0.2) is 17.3 Å². The van der Waals surface area contributed by atoms with Crippen LogP contribution >= 0.6 is 34.0 Å². The largest absolute Gasteiger partial charge is 0.383 e. The molecule has 7 heteroatoms. The molecule has 2 spiro atoms. The summed E-state index contributed by atoms with van der Waals surface area (Å²) in [6.07, 6.45) is 14.8.